The summed E-state index contributed by atoms with van der Waals surface area (Å²) in [5.74, 6) is 1.49. The molecule has 0 aromatic carbocycles. The summed E-state index contributed by atoms with van der Waals surface area (Å²) >= 11 is 0. The van der Waals surface area contributed by atoms with Crippen LogP contribution >= 0.6 is 0 Å². The molecule has 0 saturated carbocycles. The second-order valence-corrected chi connectivity index (χ2v) is 4.08. The molecule has 14 heavy (non-hydrogen) atoms. The summed E-state index contributed by atoms with van der Waals surface area (Å²) in [6.45, 7) is 8.07. The summed E-state index contributed by atoms with van der Waals surface area (Å²) in [7, 11) is 0. The number of rotatable bonds is 2. The molecule has 2 rings (SSSR count). The molecule has 2 nitrogen and oxygen atoms in total. The number of allylic oxidation sites excluding steroid dienone is 2. The van der Waals surface area contributed by atoms with Gasteiger partial charge in [-0.05, 0) is 13.3 Å². The van der Waals surface area contributed by atoms with Gasteiger partial charge in [0.25, 0.3) is 0 Å². The number of nitrogens with zero attached hydrogens (tertiary/aromatic N) is 1. The summed E-state index contributed by atoms with van der Waals surface area (Å²) < 4.78 is 5.36. The number of fused-ring (bicyclic) bond motifs is 1. The highest BCUT2D eigenvalue weighted by Gasteiger charge is 2.21. The molecule has 0 N–H and O–H groups in total. The van der Waals surface area contributed by atoms with Gasteiger partial charge in [-0.3, -0.25) is 0 Å². The average Bonchev–Trinajstić information content (AvgIpc) is 2.49. The molecule has 0 saturated heterocycles. The van der Waals surface area contributed by atoms with Crippen LogP contribution in [0.4, 0.5) is 0 Å². The van der Waals surface area contributed by atoms with E-state index in [1.807, 2.05) is 6.92 Å². The fourth-order valence-electron chi connectivity index (χ4n) is 1.79. The maximum atomic E-state index is 5.36. The summed E-state index contributed by atoms with van der Waals surface area (Å²) in [5.41, 5.74) is 3.31. The highest BCUT2D eigenvalue weighted by Crippen LogP contribution is 2.31. The minimum absolute atomic E-state index is 0.460. The molecule has 0 spiro atoms. The predicted molar refractivity (Wildman–Crippen MR) is 57.1 cm³/mol. The number of hydrogen-bond acceptors (Lipinski definition) is 2. The lowest BCUT2D eigenvalue weighted by Gasteiger charge is -2.10. The maximum Gasteiger partial charge on any atom is 0.147 e. The first kappa shape index (κ1) is 9.25. The van der Waals surface area contributed by atoms with Crippen molar-refractivity contribution in [1.29, 1.82) is 0 Å². The lowest BCUT2D eigenvalue weighted by molar-refractivity contribution is 0.360. The van der Waals surface area contributed by atoms with E-state index in [1.165, 1.54) is 5.56 Å². The van der Waals surface area contributed by atoms with Crippen LogP contribution in [-0.4, -0.2) is 5.16 Å². The Bertz CT molecular complexity index is 387. The van der Waals surface area contributed by atoms with Crippen LogP contribution in [0, 0.1) is 0 Å². The molecule has 0 aliphatic heterocycles. The third kappa shape index (κ3) is 1.52. The molecule has 2 heteroatoms. The number of aromatic nitrogens is 1. The molecule has 1 aromatic rings. The molecule has 0 bridgehead atoms. The van der Waals surface area contributed by atoms with Crippen LogP contribution < -0.4 is 0 Å². The van der Waals surface area contributed by atoms with E-state index in [0.29, 0.717) is 5.92 Å². The van der Waals surface area contributed by atoms with E-state index in [2.05, 4.69) is 30.8 Å². The van der Waals surface area contributed by atoms with Crippen LogP contribution in [-0.2, 0) is 6.42 Å². The lowest BCUT2D eigenvalue weighted by Crippen LogP contribution is -1.98. The van der Waals surface area contributed by atoms with Gasteiger partial charge in [-0.2, -0.15) is 0 Å². The van der Waals surface area contributed by atoms with Crippen molar-refractivity contribution < 1.29 is 4.52 Å². The Morgan fingerprint density at radius 1 is 1.71 bits per heavy atom. The van der Waals surface area contributed by atoms with Gasteiger partial charge in [0.15, 0.2) is 0 Å². The zero-order valence-electron chi connectivity index (χ0n) is 8.71. The van der Waals surface area contributed by atoms with Crippen molar-refractivity contribution in [3.8, 4) is 0 Å². The van der Waals surface area contributed by atoms with Gasteiger partial charge in [0.1, 0.15) is 5.76 Å². The summed E-state index contributed by atoms with van der Waals surface area (Å²) in [6.07, 6.45) is 6.17. The largest absolute Gasteiger partial charge is 0.360 e. The van der Waals surface area contributed by atoms with E-state index in [1.54, 1.807) is 0 Å². The number of hydrogen-bond donors (Lipinski definition) is 0. The fourth-order valence-corrected chi connectivity index (χ4v) is 1.79. The molecule has 0 radical (unpaired) electrons. The van der Waals surface area contributed by atoms with E-state index < -0.39 is 0 Å². The van der Waals surface area contributed by atoms with Crippen LogP contribution in [0.3, 0.4) is 0 Å². The van der Waals surface area contributed by atoms with Crippen molar-refractivity contribution in [1.82, 2.24) is 5.16 Å². The van der Waals surface area contributed by atoms with Gasteiger partial charge >= 0.3 is 0 Å². The lowest BCUT2D eigenvalue weighted by atomic mass is 9.93. The Hall–Kier alpha value is -1.31. The van der Waals surface area contributed by atoms with E-state index >= 15 is 0 Å². The maximum absolute atomic E-state index is 5.36. The normalized spacial score (nSPS) is 19.4. The van der Waals surface area contributed by atoms with Gasteiger partial charge < -0.3 is 4.52 Å². The first-order chi connectivity index (χ1) is 6.68. The second-order valence-electron chi connectivity index (χ2n) is 4.08. The van der Waals surface area contributed by atoms with Gasteiger partial charge in [0.05, 0.1) is 5.69 Å². The first-order valence-corrected chi connectivity index (χ1v) is 4.98. The molecule has 1 atom stereocenters. The first-order valence-electron chi connectivity index (χ1n) is 4.98. The topological polar surface area (TPSA) is 26.0 Å². The van der Waals surface area contributed by atoms with Crippen LogP contribution in [0.25, 0.3) is 6.08 Å². The van der Waals surface area contributed by atoms with Crippen LogP contribution in [0.1, 0.15) is 43.2 Å². The van der Waals surface area contributed by atoms with Crippen LogP contribution in [0.2, 0.25) is 0 Å². The standard InChI is InChI=1S/C12H15NO/c1-8(2)7-11-10-6-4-5-9(3)12(10)14-13-11/h4,6,9H,1,5,7H2,2-3H3. The fraction of sp³-hybridized carbons (Fsp3) is 0.417. The molecule has 74 valence electrons. The van der Waals surface area contributed by atoms with Gasteiger partial charge in [0, 0.05) is 17.9 Å². The van der Waals surface area contributed by atoms with Crippen LogP contribution in [0.5, 0.6) is 0 Å². The smallest absolute Gasteiger partial charge is 0.147 e. The summed E-state index contributed by atoms with van der Waals surface area (Å²) in [6, 6.07) is 0. The van der Waals surface area contributed by atoms with E-state index in [0.717, 1.165) is 29.9 Å². The Morgan fingerprint density at radius 3 is 3.21 bits per heavy atom. The zero-order valence-corrected chi connectivity index (χ0v) is 8.71. The molecule has 1 aliphatic rings. The predicted octanol–water partition coefficient (Wildman–Crippen LogP) is 3.31. The van der Waals surface area contributed by atoms with Crippen molar-refractivity contribution in [3.05, 3.63) is 35.2 Å². The minimum Gasteiger partial charge on any atom is -0.360 e. The van der Waals surface area contributed by atoms with E-state index in [-0.39, 0.29) is 0 Å². The third-order valence-electron chi connectivity index (χ3n) is 2.52. The highest BCUT2D eigenvalue weighted by atomic mass is 16.5. The molecule has 0 amide bonds. The molecule has 1 heterocycles. The molecule has 1 aromatic heterocycles. The Balaban J connectivity index is 2.37. The second kappa shape index (κ2) is 3.45. The van der Waals surface area contributed by atoms with Crippen molar-refractivity contribution in [2.24, 2.45) is 0 Å². The van der Waals surface area contributed by atoms with Crippen LogP contribution in [0.15, 0.2) is 22.8 Å². The van der Waals surface area contributed by atoms with E-state index in [9.17, 15) is 0 Å². The quantitative estimate of drug-likeness (QED) is 0.667. The summed E-state index contributed by atoms with van der Waals surface area (Å²) in [5, 5.41) is 4.10. The monoisotopic (exact) mass is 189 g/mol. The third-order valence-corrected chi connectivity index (χ3v) is 2.52. The molecular weight excluding hydrogens is 174 g/mol. The van der Waals surface area contributed by atoms with Gasteiger partial charge in [0.2, 0.25) is 0 Å². The molecule has 1 unspecified atom stereocenters. The molecule has 1 aliphatic carbocycles. The Morgan fingerprint density at radius 2 is 2.50 bits per heavy atom. The van der Waals surface area contributed by atoms with E-state index in [4.69, 9.17) is 4.52 Å². The summed E-state index contributed by atoms with van der Waals surface area (Å²) in [4.78, 5) is 0. The van der Waals surface area contributed by atoms with Crippen molar-refractivity contribution >= 4 is 6.08 Å². The zero-order chi connectivity index (χ0) is 10.1. The van der Waals surface area contributed by atoms with Crippen molar-refractivity contribution in [3.63, 3.8) is 0 Å². The van der Waals surface area contributed by atoms with Crippen molar-refractivity contribution in [2.45, 2.75) is 32.6 Å². The molecule has 0 fully saturated rings. The van der Waals surface area contributed by atoms with Gasteiger partial charge in [-0.15, -0.1) is 0 Å². The van der Waals surface area contributed by atoms with Crippen molar-refractivity contribution in [2.75, 3.05) is 0 Å². The van der Waals surface area contributed by atoms with Gasteiger partial charge in [-0.25, -0.2) is 0 Å². The SMILES string of the molecule is C=C(C)Cc1noc2c1C=CCC2C. The average molecular weight is 189 g/mol. The van der Waals surface area contributed by atoms with Gasteiger partial charge in [-0.1, -0.05) is 36.4 Å². The Kier molecular flexibility index (Phi) is 2.28. The minimum atomic E-state index is 0.460. The molecular formula is C12H15NO. The highest BCUT2D eigenvalue weighted by molar-refractivity contribution is 5.57. The Labute approximate surface area is 84.3 Å².